The van der Waals surface area contributed by atoms with E-state index in [9.17, 15) is 9.59 Å². The average molecular weight is 541 g/mol. The molecule has 188 valence electrons. The van der Waals surface area contributed by atoms with Crippen LogP contribution in [0.5, 0.6) is 0 Å². The van der Waals surface area contributed by atoms with Crippen LogP contribution in [0.1, 0.15) is 80.4 Å². The Morgan fingerprint density at radius 1 is 0.513 bits per heavy atom. The van der Waals surface area contributed by atoms with Crippen molar-refractivity contribution in [3.8, 4) is 0 Å². The fourth-order valence-corrected chi connectivity index (χ4v) is 8.27. The summed E-state index contributed by atoms with van der Waals surface area (Å²) in [6.07, 6.45) is 0. The lowest BCUT2D eigenvalue weighted by molar-refractivity contribution is 0.102. The number of thioether (sulfide) groups is 2. The Morgan fingerprint density at radius 2 is 0.897 bits per heavy atom. The van der Waals surface area contributed by atoms with E-state index in [0.29, 0.717) is 22.3 Å². The van der Waals surface area contributed by atoms with E-state index in [1.807, 2.05) is 96.3 Å². The summed E-state index contributed by atoms with van der Waals surface area (Å²) < 4.78 is 1.26. The molecule has 7 rings (SSSR count). The molecule has 0 saturated heterocycles. The molecule has 0 unspecified atom stereocenters. The van der Waals surface area contributed by atoms with Gasteiger partial charge >= 0.3 is 0 Å². The molecule has 0 atom stereocenters. The Hall–Kier alpha value is -3.86. The summed E-state index contributed by atoms with van der Waals surface area (Å²) >= 11 is 3.61. The number of carbonyl (C=O) groups is 2. The first kappa shape index (κ1) is 24.2. The van der Waals surface area contributed by atoms with E-state index >= 15 is 0 Å². The van der Waals surface area contributed by atoms with Gasteiger partial charge in [0.15, 0.2) is 11.6 Å². The number of ketones is 2. The zero-order chi connectivity index (χ0) is 26.8. The molecule has 4 aromatic carbocycles. The van der Waals surface area contributed by atoms with Crippen molar-refractivity contribution >= 4 is 51.8 Å². The van der Waals surface area contributed by atoms with Crippen LogP contribution in [0.2, 0.25) is 0 Å². The molecular weight excluding hydrogens is 517 g/mol. The minimum Gasteiger partial charge on any atom is -0.289 e. The van der Waals surface area contributed by atoms with E-state index in [4.69, 9.17) is 0 Å². The van der Waals surface area contributed by atoms with Gasteiger partial charge in [-0.1, -0.05) is 108 Å². The minimum absolute atomic E-state index is 0.0364. The third kappa shape index (κ3) is 3.66. The molecule has 1 aliphatic heterocycles. The summed E-state index contributed by atoms with van der Waals surface area (Å²) in [6, 6.07) is 29.8. The third-order valence-corrected chi connectivity index (χ3v) is 10.7. The summed E-state index contributed by atoms with van der Waals surface area (Å²) in [4.78, 5) is 30.1. The Bertz CT molecular complexity index is 1800. The van der Waals surface area contributed by atoms with Crippen molar-refractivity contribution in [3.63, 3.8) is 0 Å². The number of benzene rings is 4. The SMILES string of the molecule is CC1=C(C)SC(=C(C)c2ccc3c(c2)C(=O)c2ccccc2C3=C2c3ccccc3C(=O)c3ccccc32)S1. The molecule has 0 N–H and O–H groups in total. The van der Waals surface area contributed by atoms with Gasteiger partial charge in [0, 0.05) is 22.3 Å². The highest BCUT2D eigenvalue weighted by Gasteiger charge is 2.34. The van der Waals surface area contributed by atoms with Crippen LogP contribution in [0.25, 0.3) is 16.7 Å². The van der Waals surface area contributed by atoms with Gasteiger partial charge in [-0.25, -0.2) is 0 Å². The molecule has 1 heterocycles. The highest BCUT2D eigenvalue weighted by Crippen LogP contribution is 2.52. The molecule has 2 nitrogen and oxygen atoms in total. The summed E-state index contributed by atoms with van der Waals surface area (Å²) in [5.74, 6) is 0.0737. The summed E-state index contributed by atoms with van der Waals surface area (Å²) in [5, 5.41) is 0. The second-order valence-electron chi connectivity index (χ2n) is 10.0. The van der Waals surface area contributed by atoms with E-state index in [2.05, 4.69) is 39.0 Å². The number of allylic oxidation sites excluding steroid dienone is 3. The van der Waals surface area contributed by atoms with Crippen LogP contribution in [0.15, 0.2) is 105 Å². The number of hydrogen-bond donors (Lipinski definition) is 0. The highest BCUT2D eigenvalue weighted by atomic mass is 32.2. The number of hydrogen-bond acceptors (Lipinski definition) is 4. The smallest absolute Gasteiger partial charge is 0.194 e. The Labute approximate surface area is 236 Å². The summed E-state index contributed by atoms with van der Waals surface area (Å²) in [5.41, 5.74) is 10.7. The van der Waals surface area contributed by atoms with E-state index in [0.717, 1.165) is 39.0 Å². The summed E-state index contributed by atoms with van der Waals surface area (Å²) in [7, 11) is 0. The van der Waals surface area contributed by atoms with Crippen LogP contribution >= 0.6 is 23.5 Å². The number of carbonyl (C=O) groups excluding carboxylic acids is 2. The molecule has 0 saturated carbocycles. The molecule has 0 spiro atoms. The first-order valence-electron chi connectivity index (χ1n) is 12.9. The van der Waals surface area contributed by atoms with Crippen molar-refractivity contribution in [2.75, 3.05) is 0 Å². The van der Waals surface area contributed by atoms with Crippen molar-refractivity contribution < 1.29 is 9.59 Å². The average Bonchev–Trinajstić information content (AvgIpc) is 3.31. The van der Waals surface area contributed by atoms with E-state index in [-0.39, 0.29) is 11.6 Å². The molecule has 2 aliphatic carbocycles. The molecule has 0 fully saturated rings. The fraction of sp³-hybridized carbons (Fsp3) is 0.0857. The minimum atomic E-state index is 0.0364. The molecule has 0 bridgehead atoms. The quantitative estimate of drug-likeness (QED) is 0.208. The van der Waals surface area contributed by atoms with Gasteiger partial charge in [0.1, 0.15) is 0 Å². The van der Waals surface area contributed by atoms with E-state index in [1.165, 1.54) is 19.6 Å². The Kier molecular flexibility index (Phi) is 5.66. The predicted octanol–water partition coefficient (Wildman–Crippen LogP) is 9.20. The van der Waals surface area contributed by atoms with Crippen LogP contribution in [0.4, 0.5) is 0 Å². The molecule has 4 aromatic rings. The van der Waals surface area contributed by atoms with Crippen molar-refractivity contribution in [3.05, 3.63) is 155 Å². The Morgan fingerprint density at radius 3 is 1.36 bits per heavy atom. The Balaban J connectivity index is 1.54. The predicted molar refractivity (Wildman–Crippen MR) is 164 cm³/mol. The first-order valence-corrected chi connectivity index (χ1v) is 14.6. The molecule has 3 aliphatic rings. The lowest BCUT2D eigenvalue weighted by atomic mass is 9.72. The van der Waals surface area contributed by atoms with Crippen molar-refractivity contribution in [1.29, 1.82) is 0 Å². The third-order valence-electron chi connectivity index (χ3n) is 7.83. The number of fused-ring (bicyclic) bond motifs is 4. The molecule has 39 heavy (non-hydrogen) atoms. The molecule has 4 heteroatoms. The van der Waals surface area contributed by atoms with Gasteiger partial charge in [-0.2, -0.15) is 0 Å². The fourth-order valence-electron chi connectivity index (χ4n) is 5.71. The maximum Gasteiger partial charge on any atom is 0.194 e. The number of rotatable bonds is 1. The largest absolute Gasteiger partial charge is 0.289 e. The molecular formula is C35H24O2S2. The zero-order valence-corrected chi connectivity index (χ0v) is 23.4. The van der Waals surface area contributed by atoms with Gasteiger partial charge in [-0.15, -0.1) is 0 Å². The zero-order valence-electron chi connectivity index (χ0n) is 21.8. The van der Waals surface area contributed by atoms with Gasteiger partial charge in [-0.3, -0.25) is 9.59 Å². The molecule has 0 aromatic heterocycles. The van der Waals surface area contributed by atoms with Crippen LogP contribution in [-0.2, 0) is 0 Å². The van der Waals surface area contributed by atoms with Gasteiger partial charge < -0.3 is 0 Å². The molecule has 0 amide bonds. The second-order valence-corrected chi connectivity index (χ2v) is 12.7. The van der Waals surface area contributed by atoms with E-state index in [1.54, 1.807) is 0 Å². The van der Waals surface area contributed by atoms with Gasteiger partial charge in [0.05, 0.1) is 4.24 Å². The normalized spacial score (nSPS) is 15.7. The van der Waals surface area contributed by atoms with Crippen LogP contribution in [0.3, 0.4) is 0 Å². The van der Waals surface area contributed by atoms with Crippen molar-refractivity contribution in [2.24, 2.45) is 0 Å². The van der Waals surface area contributed by atoms with Gasteiger partial charge in [-0.05, 0) is 81.2 Å². The maximum absolute atomic E-state index is 14.0. The van der Waals surface area contributed by atoms with Gasteiger partial charge in [0.25, 0.3) is 0 Å². The molecule has 0 radical (unpaired) electrons. The standard InChI is InChI=1S/C35H24O2S2/c1-19(35-38-20(2)21(3)39-35)22-16-17-26-30(18-22)34(37)29-15-9-6-12-25(29)32(26)31-23-10-4-7-13-27(23)33(36)28-14-8-5-11-24(28)31/h4-18H,1-3H3. The first-order chi connectivity index (χ1) is 18.9. The van der Waals surface area contributed by atoms with Crippen LogP contribution < -0.4 is 0 Å². The monoisotopic (exact) mass is 540 g/mol. The lowest BCUT2D eigenvalue weighted by Crippen LogP contribution is -2.19. The van der Waals surface area contributed by atoms with Crippen molar-refractivity contribution in [2.45, 2.75) is 20.8 Å². The van der Waals surface area contributed by atoms with Gasteiger partial charge in [0.2, 0.25) is 0 Å². The van der Waals surface area contributed by atoms with Crippen LogP contribution in [0, 0.1) is 0 Å². The second kappa shape index (κ2) is 9.11. The lowest BCUT2D eigenvalue weighted by Gasteiger charge is -2.29. The topological polar surface area (TPSA) is 34.1 Å². The van der Waals surface area contributed by atoms with Crippen molar-refractivity contribution in [1.82, 2.24) is 0 Å². The van der Waals surface area contributed by atoms with E-state index < -0.39 is 0 Å². The summed E-state index contributed by atoms with van der Waals surface area (Å²) in [6.45, 7) is 6.45. The highest BCUT2D eigenvalue weighted by molar-refractivity contribution is 8.28. The maximum atomic E-state index is 14.0. The van der Waals surface area contributed by atoms with Crippen LogP contribution in [-0.4, -0.2) is 11.6 Å².